The van der Waals surface area contributed by atoms with Gasteiger partial charge in [0.15, 0.2) is 0 Å². The van der Waals surface area contributed by atoms with E-state index < -0.39 is 5.79 Å². The van der Waals surface area contributed by atoms with Crippen molar-refractivity contribution < 1.29 is 9.47 Å². The number of ether oxygens (including phenoxy) is 2. The third-order valence-electron chi connectivity index (χ3n) is 1.63. The molecule has 0 saturated heterocycles. The molecule has 2 nitrogen and oxygen atoms in total. The molecule has 0 unspecified atom stereocenters. The minimum absolute atomic E-state index is 0.677. The van der Waals surface area contributed by atoms with E-state index in [-0.39, 0.29) is 0 Å². The summed E-state index contributed by atoms with van der Waals surface area (Å²) in [4.78, 5) is 0. The average Bonchev–Trinajstić information content (AvgIpc) is 2.30. The van der Waals surface area contributed by atoms with Crippen LogP contribution in [0.2, 0.25) is 0 Å². The van der Waals surface area contributed by atoms with Crippen molar-refractivity contribution in [2.24, 2.45) is 0 Å². The van der Waals surface area contributed by atoms with Gasteiger partial charge in [0.2, 0.25) is 5.79 Å². The number of allylic oxidation sites excluding steroid dienone is 4. The Morgan fingerprint density at radius 3 is 1.64 bits per heavy atom. The molecule has 0 aromatic heterocycles. The van der Waals surface area contributed by atoms with Gasteiger partial charge in [0, 0.05) is 14.2 Å². The van der Waals surface area contributed by atoms with Crippen LogP contribution in [0.15, 0.2) is 36.5 Å². The molecular formula is C9H12O2. The molecule has 0 N–H and O–H groups in total. The quantitative estimate of drug-likeness (QED) is 0.560. The minimum atomic E-state index is -0.677. The fraction of sp³-hybridized carbons (Fsp3) is 0.333. The molecule has 0 aliphatic heterocycles. The molecule has 0 aromatic carbocycles. The van der Waals surface area contributed by atoms with Crippen molar-refractivity contribution in [1.82, 2.24) is 0 Å². The standard InChI is InChI=1S/C9H12O2/c1-10-9(11-2)7-5-3-4-6-8-9/h3-8H,1-2H3. The first kappa shape index (κ1) is 8.24. The van der Waals surface area contributed by atoms with E-state index in [2.05, 4.69) is 0 Å². The van der Waals surface area contributed by atoms with Crippen LogP contribution in [0.1, 0.15) is 0 Å². The number of methoxy groups -OCH3 is 2. The first-order valence-corrected chi connectivity index (χ1v) is 3.47. The molecule has 0 amide bonds. The summed E-state index contributed by atoms with van der Waals surface area (Å²) in [6, 6.07) is 0. The molecule has 1 aliphatic carbocycles. The van der Waals surface area contributed by atoms with Gasteiger partial charge in [-0.15, -0.1) is 0 Å². The van der Waals surface area contributed by atoms with Gasteiger partial charge in [0.25, 0.3) is 0 Å². The molecule has 0 bridgehead atoms. The van der Waals surface area contributed by atoms with Crippen LogP contribution in [0.3, 0.4) is 0 Å². The molecule has 0 radical (unpaired) electrons. The topological polar surface area (TPSA) is 18.5 Å². The molecule has 0 saturated carbocycles. The second-order valence-electron chi connectivity index (χ2n) is 2.23. The summed E-state index contributed by atoms with van der Waals surface area (Å²) in [7, 11) is 3.23. The molecule has 0 spiro atoms. The first-order valence-electron chi connectivity index (χ1n) is 3.47. The maximum atomic E-state index is 5.17. The maximum Gasteiger partial charge on any atom is 0.208 e. The molecule has 1 rings (SSSR count). The zero-order chi connectivity index (χ0) is 8.16. The lowest BCUT2D eigenvalue weighted by atomic mass is 10.2. The van der Waals surface area contributed by atoms with Gasteiger partial charge in [-0.05, 0) is 12.2 Å². The molecule has 0 heterocycles. The van der Waals surface area contributed by atoms with E-state index in [9.17, 15) is 0 Å². The lowest BCUT2D eigenvalue weighted by Gasteiger charge is -2.22. The van der Waals surface area contributed by atoms with Gasteiger partial charge in [0.1, 0.15) is 0 Å². The van der Waals surface area contributed by atoms with Crippen LogP contribution in [-0.2, 0) is 9.47 Å². The normalized spacial score (nSPS) is 20.2. The van der Waals surface area contributed by atoms with Crippen LogP contribution in [0.5, 0.6) is 0 Å². The number of hydrogen-bond acceptors (Lipinski definition) is 2. The molecule has 1 aliphatic rings. The Kier molecular flexibility index (Phi) is 2.63. The fourth-order valence-corrected chi connectivity index (χ4v) is 0.919. The number of rotatable bonds is 2. The predicted octanol–water partition coefficient (Wildman–Crippen LogP) is 1.66. The Labute approximate surface area is 66.8 Å². The zero-order valence-corrected chi connectivity index (χ0v) is 6.78. The van der Waals surface area contributed by atoms with Crippen molar-refractivity contribution in [2.45, 2.75) is 5.79 Å². The van der Waals surface area contributed by atoms with Crippen molar-refractivity contribution in [3.63, 3.8) is 0 Å². The van der Waals surface area contributed by atoms with E-state index in [1.807, 2.05) is 36.5 Å². The minimum Gasteiger partial charge on any atom is -0.346 e. The highest BCUT2D eigenvalue weighted by Gasteiger charge is 2.21. The second kappa shape index (κ2) is 3.51. The summed E-state index contributed by atoms with van der Waals surface area (Å²) >= 11 is 0. The van der Waals surface area contributed by atoms with E-state index in [0.29, 0.717) is 0 Å². The SMILES string of the molecule is COC1(OC)C=CC=CC=C1. The highest BCUT2D eigenvalue weighted by atomic mass is 16.7. The van der Waals surface area contributed by atoms with Gasteiger partial charge in [-0.1, -0.05) is 24.3 Å². The molecule has 0 atom stereocenters. The van der Waals surface area contributed by atoms with Gasteiger partial charge in [-0.25, -0.2) is 0 Å². The molecular weight excluding hydrogens is 140 g/mol. The van der Waals surface area contributed by atoms with Crippen LogP contribution >= 0.6 is 0 Å². The maximum absolute atomic E-state index is 5.17. The zero-order valence-electron chi connectivity index (χ0n) is 6.78. The van der Waals surface area contributed by atoms with Crippen LogP contribution < -0.4 is 0 Å². The smallest absolute Gasteiger partial charge is 0.208 e. The van der Waals surface area contributed by atoms with E-state index in [0.717, 1.165) is 0 Å². The summed E-state index contributed by atoms with van der Waals surface area (Å²) in [5.74, 6) is -0.677. The Morgan fingerprint density at radius 2 is 1.27 bits per heavy atom. The lowest BCUT2D eigenvalue weighted by molar-refractivity contribution is -0.132. The van der Waals surface area contributed by atoms with E-state index in [1.165, 1.54) is 0 Å². The largest absolute Gasteiger partial charge is 0.346 e. The van der Waals surface area contributed by atoms with Crippen LogP contribution in [0.4, 0.5) is 0 Å². The summed E-state index contributed by atoms with van der Waals surface area (Å²) < 4.78 is 10.3. The predicted molar refractivity (Wildman–Crippen MR) is 44.2 cm³/mol. The van der Waals surface area contributed by atoms with Crippen molar-refractivity contribution in [3.05, 3.63) is 36.5 Å². The summed E-state index contributed by atoms with van der Waals surface area (Å²) in [6.45, 7) is 0. The molecule has 60 valence electrons. The molecule has 2 heteroatoms. The van der Waals surface area contributed by atoms with Gasteiger partial charge in [-0.3, -0.25) is 0 Å². The monoisotopic (exact) mass is 152 g/mol. The fourth-order valence-electron chi connectivity index (χ4n) is 0.919. The second-order valence-corrected chi connectivity index (χ2v) is 2.23. The average molecular weight is 152 g/mol. The van der Waals surface area contributed by atoms with Gasteiger partial charge in [0.05, 0.1) is 0 Å². The summed E-state index contributed by atoms with van der Waals surface area (Å²) in [5.41, 5.74) is 0. The van der Waals surface area contributed by atoms with Crippen LogP contribution in [0.25, 0.3) is 0 Å². The molecule has 0 fully saturated rings. The van der Waals surface area contributed by atoms with Crippen molar-refractivity contribution in [3.8, 4) is 0 Å². The van der Waals surface area contributed by atoms with Crippen LogP contribution in [0, 0.1) is 0 Å². The van der Waals surface area contributed by atoms with Crippen molar-refractivity contribution in [1.29, 1.82) is 0 Å². The third-order valence-corrected chi connectivity index (χ3v) is 1.63. The van der Waals surface area contributed by atoms with Gasteiger partial charge < -0.3 is 9.47 Å². The van der Waals surface area contributed by atoms with Gasteiger partial charge >= 0.3 is 0 Å². The van der Waals surface area contributed by atoms with Gasteiger partial charge in [-0.2, -0.15) is 0 Å². The van der Waals surface area contributed by atoms with E-state index >= 15 is 0 Å². The number of hydrogen-bond donors (Lipinski definition) is 0. The van der Waals surface area contributed by atoms with Crippen LogP contribution in [-0.4, -0.2) is 20.0 Å². The Hall–Kier alpha value is -0.860. The summed E-state index contributed by atoms with van der Waals surface area (Å²) in [5, 5.41) is 0. The first-order chi connectivity index (χ1) is 5.33. The highest BCUT2D eigenvalue weighted by molar-refractivity contribution is 5.23. The Balaban J connectivity index is 2.83. The summed E-state index contributed by atoms with van der Waals surface area (Å²) in [6.07, 6.45) is 11.4. The third kappa shape index (κ3) is 1.79. The molecule has 11 heavy (non-hydrogen) atoms. The highest BCUT2D eigenvalue weighted by Crippen LogP contribution is 2.16. The Morgan fingerprint density at radius 1 is 0.818 bits per heavy atom. The van der Waals surface area contributed by atoms with Crippen molar-refractivity contribution >= 4 is 0 Å². The lowest BCUT2D eigenvalue weighted by Crippen LogP contribution is -2.27. The molecule has 0 aromatic rings. The Bertz CT molecular complexity index is 180. The van der Waals surface area contributed by atoms with E-state index in [4.69, 9.17) is 9.47 Å². The van der Waals surface area contributed by atoms with Crippen molar-refractivity contribution in [2.75, 3.05) is 14.2 Å². The van der Waals surface area contributed by atoms with E-state index in [1.54, 1.807) is 14.2 Å².